The average molecular weight is 1310 g/mol. The van der Waals surface area contributed by atoms with Crippen LogP contribution >= 0.6 is 0 Å². The Bertz CT molecular complexity index is 5820. The highest BCUT2D eigenvalue weighted by Crippen LogP contribution is 2.44. The van der Waals surface area contributed by atoms with Gasteiger partial charge in [0.1, 0.15) is 0 Å². The molecule has 16 aromatic carbocycles. The van der Waals surface area contributed by atoms with E-state index in [1.807, 2.05) is 0 Å². The van der Waals surface area contributed by atoms with Crippen molar-refractivity contribution in [3.63, 3.8) is 0 Å². The Balaban J connectivity index is 0.000000155. The molecule has 2 aromatic heterocycles. The molecule has 0 aliphatic carbocycles. The fourth-order valence-electron chi connectivity index (χ4n) is 14.5. The Labute approximate surface area is 596 Å². The number of rotatable bonds is 14. The van der Waals surface area contributed by atoms with Crippen molar-refractivity contribution < 1.29 is 0 Å². The third kappa shape index (κ3) is 12.4. The van der Waals surface area contributed by atoms with E-state index in [0.717, 1.165) is 45.5 Å². The van der Waals surface area contributed by atoms with Gasteiger partial charge in [-0.3, -0.25) is 0 Å². The van der Waals surface area contributed by atoms with Crippen LogP contribution < -0.4 is 9.80 Å². The van der Waals surface area contributed by atoms with Crippen LogP contribution in [0.15, 0.2) is 400 Å². The van der Waals surface area contributed by atoms with Gasteiger partial charge in [0.25, 0.3) is 0 Å². The first-order chi connectivity index (χ1) is 50.4. The summed E-state index contributed by atoms with van der Waals surface area (Å²) in [6, 6.07) is 145. The van der Waals surface area contributed by atoms with Crippen molar-refractivity contribution >= 4 is 77.7 Å². The lowest BCUT2D eigenvalue weighted by Crippen LogP contribution is -2.10. The zero-order valence-electron chi connectivity index (χ0n) is 56.9. The number of benzene rings is 16. The van der Waals surface area contributed by atoms with Crippen LogP contribution in [0.2, 0.25) is 0 Å². The fourth-order valence-corrected chi connectivity index (χ4v) is 14.5. The van der Waals surface area contributed by atoms with Crippen molar-refractivity contribution in [2.45, 2.75) is 13.8 Å². The molecule has 2 heterocycles. The summed E-state index contributed by atoms with van der Waals surface area (Å²) in [5.41, 5.74) is 30.8. The van der Waals surface area contributed by atoms with Crippen LogP contribution in [0.4, 0.5) is 34.1 Å². The molecule has 0 amide bonds. The molecule has 18 aromatic rings. The maximum atomic E-state index is 2.41. The minimum Gasteiger partial charge on any atom is -0.310 e. The third-order valence-corrected chi connectivity index (χ3v) is 19.7. The van der Waals surface area contributed by atoms with Crippen LogP contribution in [0.1, 0.15) is 11.1 Å². The summed E-state index contributed by atoms with van der Waals surface area (Å²) < 4.78 is 4.81. The minimum atomic E-state index is 1.10. The topological polar surface area (TPSA) is 16.3 Å². The molecule has 0 unspecified atom stereocenters. The molecule has 0 bridgehead atoms. The lowest BCUT2D eigenvalue weighted by atomic mass is 10.00. The molecule has 4 heteroatoms. The first kappa shape index (κ1) is 62.3. The van der Waals surface area contributed by atoms with Crippen LogP contribution in [-0.2, 0) is 0 Å². The summed E-state index contributed by atoms with van der Waals surface area (Å²) in [7, 11) is 0. The maximum Gasteiger partial charge on any atom is 0.0542 e. The van der Waals surface area contributed by atoms with Gasteiger partial charge >= 0.3 is 0 Å². The van der Waals surface area contributed by atoms with Crippen molar-refractivity contribution in [3.8, 4) is 78.1 Å². The Hall–Kier alpha value is -13.3. The lowest BCUT2D eigenvalue weighted by molar-refractivity contribution is 1.18. The average Bonchev–Trinajstić information content (AvgIpc) is 1.53. The van der Waals surface area contributed by atoms with Crippen molar-refractivity contribution in [1.29, 1.82) is 0 Å². The fraction of sp³-hybridized carbons (Fsp3) is 0.0204. The molecule has 0 aliphatic rings. The highest BCUT2D eigenvalue weighted by molar-refractivity contribution is 6.12. The Morgan fingerprint density at radius 1 is 0.167 bits per heavy atom. The molecule has 4 nitrogen and oxygen atoms in total. The van der Waals surface area contributed by atoms with E-state index < -0.39 is 0 Å². The first-order valence-electron chi connectivity index (χ1n) is 35.0. The number of para-hydroxylation sites is 2. The van der Waals surface area contributed by atoms with Crippen LogP contribution in [0.3, 0.4) is 0 Å². The number of nitrogens with zero attached hydrogens (tertiary/aromatic N) is 4. The van der Waals surface area contributed by atoms with E-state index in [2.05, 4.69) is 433 Å². The zero-order chi connectivity index (χ0) is 68.3. The van der Waals surface area contributed by atoms with E-state index in [9.17, 15) is 0 Å². The van der Waals surface area contributed by atoms with E-state index in [-0.39, 0.29) is 0 Å². The minimum absolute atomic E-state index is 1.10. The van der Waals surface area contributed by atoms with E-state index in [0.29, 0.717) is 0 Å². The normalized spacial score (nSPS) is 11.2. The van der Waals surface area contributed by atoms with Crippen molar-refractivity contribution in [1.82, 2.24) is 9.13 Å². The summed E-state index contributed by atoms with van der Waals surface area (Å²) >= 11 is 0. The highest BCUT2D eigenvalue weighted by Gasteiger charge is 2.21. The van der Waals surface area contributed by atoms with Gasteiger partial charge in [0.15, 0.2) is 0 Å². The van der Waals surface area contributed by atoms with Gasteiger partial charge in [-0.05, 0) is 202 Å². The summed E-state index contributed by atoms with van der Waals surface area (Å²) in [5.74, 6) is 0. The van der Waals surface area contributed by atoms with Gasteiger partial charge < -0.3 is 18.9 Å². The maximum absolute atomic E-state index is 2.41. The van der Waals surface area contributed by atoms with Gasteiger partial charge in [-0.1, -0.05) is 290 Å². The second kappa shape index (κ2) is 27.6. The van der Waals surface area contributed by atoms with Gasteiger partial charge in [0.2, 0.25) is 0 Å². The Morgan fingerprint density at radius 3 is 0.725 bits per heavy atom. The number of aryl methyl sites for hydroxylation is 2. The molecule has 0 radical (unpaired) electrons. The van der Waals surface area contributed by atoms with Crippen LogP contribution in [0.25, 0.3) is 122 Å². The molecular weight excluding hydrogens is 1230 g/mol. The molecule has 0 fully saturated rings. The van der Waals surface area contributed by atoms with Crippen LogP contribution in [0.5, 0.6) is 0 Å². The van der Waals surface area contributed by atoms with E-state index in [4.69, 9.17) is 0 Å². The molecule has 0 saturated carbocycles. The van der Waals surface area contributed by atoms with Crippen LogP contribution in [0, 0.1) is 13.8 Å². The number of fused-ring (bicyclic) bond motifs is 6. The quantitative estimate of drug-likeness (QED) is 0.108. The van der Waals surface area contributed by atoms with E-state index in [1.165, 1.54) is 122 Å². The lowest BCUT2D eigenvalue weighted by Gasteiger charge is -2.26. The van der Waals surface area contributed by atoms with Crippen molar-refractivity contribution in [3.05, 3.63) is 412 Å². The molecule has 0 saturated heterocycles. The number of anilines is 6. The highest BCUT2D eigenvalue weighted by atomic mass is 15.1. The molecule has 0 spiro atoms. The summed E-state index contributed by atoms with van der Waals surface area (Å²) in [5, 5.41) is 4.91. The Morgan fingerprint density at radius 2 is 0.402 bits per heavy atom. The Kier molecular flexibility index (Phi) is 16.8. The molecular formula is C98H72N4. The van der Waals surface area contributed by atoms with Gasteiger partial charge in [0, 0.05) is 67.0 Å². The van der Waals surface area contributed by atoms with Gasteiger partial charge in [0.05, 0.1) is 22.1 Å². The molecule has 0 aliphatic heterocycles. The first-order valence-corrected chi connectivity index (χ1v) is 35.0. The van der Waals surface area contributed by atoms with Crippen LogP contribution in [-0.4, -0.2) is 9.13 Å². The molecule has 18 rings (SSSR count). The molecule has 0 N–H and O–H groups in total. The number of hydrogen-bond donors (Lipinski definition) is 0. The number of hydrogen-bond acceptors (Lipinski definition) is 2. The predicted octanol–water partition coefficient (Wildman–Crippen LogP) is 27.1. The van der Waals surface area contributed by atoms with Crippen molar-refractivity contribution in [2.75, 3.05) is 9.80 Å². The largest absolute Gasteiger partial charge is 0.310 e. The van der Waals surface area contributed by atoms with Crippen molar-refractivity contribution in [2.24, 2.45) is 0 Å². The second-order valence-corrected chi connectivity index (χ2v) is 26.3. The van der Waals surface area contributed by atoms with Gasteiger partial charge in [-0.15, -0.1) is 0 Å². The smallest absolute Gasteiger partial charge is 0.0542 e. The summed E-state index contributed by atoms with van der Waals surface area (Å²) in [6.07, 6.45) is 0. The third-order valence-electron chi connectivity index (χ3n) is 19.7. The second-order valence-electron chi connectivity index (χ2n) is 26.3. The monoisotopic (exact) mass is 1300 g/mol. The van der Waals surface area contributed by atoms with Gasteiger partial charge in [-0.25, -0.2) is 0 Å². The standard InChI is InChI=1S/C54H38N2.C44H34N2/c1-4-13-39(14-5-1)42-23-25-45(26-24-42)46-19-12-20-49(37-46)56-53-22-11-10-21-51(53)52-38-50(35-36-54(52)56)55(47-31-27-43(28-32-47)40-15-6-2-7-16-40)48-33-29-44(30-34-48)41-17-8-3-9-18-41;1-31-15-23-37(24-16-31)45(38-25-17-32(2)18-26-38)40-27-28-44-42(30-40)41-13-6-7-14-43(41)46(44)39-12-8-11-36(29-39)35-21-19-34(20-22-35)33-9-4-3-5-10-33/h1-38H;3-30H,1-2H3. The molecule has 102 heavy (non-hydrogen) atoms. The molecule has 0 atom stereocenters. The summed E-state index contributed by atoms with van der Waals surface area (Å²) in [6.45, 7) is 4.27. The number of aromatic nitrogens is 2. The predicted molar refractivity (Wildman–Crippen MR) is 433 cm³/mol. The SMILES string of the molecule is Cc1ccc(N(c2ccc(C)cc2)c2ccc3c(c2)c2ccccc2n3-c2cccc(-c3ccc(-c4ccccc4)cc3)c2)cc1.c1ccc(-c2ccc(-c3cccc(-n4c5ccccc5c5cc(N(c6ccc(-c7ccccc7)cc6)c6ccc(-c7ccccc7)cc6)ccc54)c3)cc2)cc1. The molecule has 484 valence electrons. The van der Waals surface area contributed by atoms with Gasteiger partial charge in [-0.2, -0.15) is 0 Å². The summed E-state index contributed by atoms with van der Waals surface area (Å²) in [4.78, 5) is 4.72. The van der Waals surface area contributed by atoms with E-state index >= 15 is 0 Å². The zero-order valence-corrected chi connectivity index (χ0v) is 56.9. The van der Waals surface area contributed by atoms with E-state index in [1.54, 1.807) is 0 Å².